The molecule has 0 saturated carbocycles. The Kier molecular flexibility index (Phi) is 10.0. The smallest absolute Gasteiger partial charge is 0.272 e. The molecule has 0 saturated heterocycles. The van der Waals surface area contributed by atoms with Gasteiger partial charge in [0, 0.05) is 26.2 Å². The summed E-state index contributed by atoms with van der Waals surface area (Å²) in [6.45, 7) is 0. The van der Waals surface area contributed by atoms with Gasteiger partial charge in [-0.15, -0.1) is 11.8 Å². The number of anilines is 1. The number of hydrogen-bond acceptors (Lipinski definition) is 4. The Morgan fingerprint density at radius 2 is 1.54 bits per heavy atom. The van der Waals surface area contributed by atoms with E-state index in [1.807, 2.05) is 36.4 Å². The zero-order valence-corrected chi connectivity index (χ0v) is 24.2. The highest BCUT2D eigenvalue weighted by atomic mass is 79.9. The molecule has 0 aliphatic heterocycles. The number of thioether (sulfide) groups is 1. The molecular weight excluding hydrogens is 619 g/mol. The van der Waals surface area contributed by atoms with E-state index in [2.05, 4.69) is 26.6 Å². The highest BCUT2D eigenvalue weighted by Gasteiger charge is 2.16. The second-order valence-electron chi connectivity index (χ2n) is 8.25. The van der Waals surface area contributed by atoms with E-state index >= 15 is 0 Å². The highest BCUT2D eigenvalue weighted by molar-refractivity contribution is 9.10. The van der Waals surface area contributed by atoms with Crippen LogP contribution in [0.4, 0.5) is 5.69 Å². The van der Waals surface area contributed by atoms with E-state index in [-0.39, 0.29) is 17.2 Å². The monoisotopic (exact) mass is 638 g/mol. The first kappa shape index (κ1) is 28.6. The number of halogens is 3. The fraction of sp³-hybridized carbons (Fsp3) is 0.0333. The number of carbonyl (C=O) groups excluding carboxylic acids is 3. The molecule has 4 aromatic carbocycles. The van der Waals surface area contributed by atoms with E-state index in [9.17, 15) is 14.4 Å². The number of amides is 2. The first-order valence-corrected chi connectivity index (χ1v) is 14.2. The lowest BCUT2D eigenvalue weighted by atomic mass is 10.1. The Morgan fingerprint density at radius 3 is 2.26 bits per heavy atom. The van der Waals surface area contributed by atoms with Crippen LogP contribution in [-0.4, -0.2) is 23.4 Å². The van der Waals surface area contributed by atoms with Crippen molar-refractivity contribution in [3.8, 4) is 0 Å². The summed E-state index contributed by atoms with van der Waals surface area (Å²) in [5.41, 5.74) is 2.23. The van der Waals surface area contributed by atoms with Crippen molar-refractivity contribution < 1.29 is 14.4 Å². The molecule has 4 aromatic rings. The number of nitrogens with one attached hydrogen (secondary N) is 2. The summed E-state index contributed by atoms with van der Waals surface area (Å²) in [5, 5.41) is 6.28. The van der Waals surface area contributed by atoms with Crippen molar-refractivity contribution in [2.45, 2.75) is 4.90 Å². The maximum absolute atomic E-state index is 13.3. The summed E-state index contributed by atoms with van der Waals surface area (Å²) < 4.78 is 0.894. The fourth-order valence-corrected chi connectivity index (χ4v) is 4.84. The number of benzene rings is 4. The maximum Gasteiger partial charge on any atom is 0.272 e. The van der Waals surface area contributed by atoms with E-state index in [4.69, 9.17) is 23.2 Å². The van der Waals surface area contributed by atoms with Gasteiger partial charge in [-0.3, -0.25) is 14.4 Å². The first-order valence-electron chi connectivity index (χ1n) is 11.6. The molecule has 4 rings (SSSR count). The van der Waals surface area contributed by atoms with Crippen molar-refractivity contribution in [1.82, 2.24) is 5.32 Å². The number of hydrogen-bond donors (Lipinski definition) is 2. The molecule has 0 radical (unpaired) electrons. The average Bonchev–Trinajstić information content (AvgIpc) is 2.94. The second-order valence-corrected chi connectivity index (χ2v) is 11.0. The minimum absolute atomic E-state index is 0.0824. The minimum Gasteiger partial charge on any atom is -0.321 e. The van der Waals surface area contributed by atoms with E-state index in [1.165, 1.54) is 11.8 Å². The van der Waals surface area contributed by atoms with Crippen molar-refractivity contribution in [1.29, 1.82) is 0 Å². The van der Waals surface area contributed by atoms with Gasteiger partial charge < -0.3 is 10.6 Å². The molecule has 0 aliphatic rings. The van der Waals surface area contributed by atoms with Gasteiger partial charge in [0.25, 0.3) is 11.8 Å². The van der Waals surface area contributed by atoms with Gasteiger partial charge >= 0.3 is 0 Å². The molecule has 0 atom stereocenters. The predicted molar refractivity (Wildman–Crippen MR) is 163 cm³/mol. The molecule has 9 heteroatoms. The molecule has 0 bridgehead atoms. The molecule has 5 nitrogen and oxygen atoms in total. The lowest BCUT2D eigenvalue weighted by Gasteiger charge is -2.12. The summed E-state index contributed by atoms with van der Waals surface area (Å²) in [4.78, 5) is 39.5. The van der Waals surface area contributed by atoms with Crippen LogP contribution in [0.3, 0.4) is 0 Å². The third-order valence-electron chi connectivity index (χ3n) is 5.41. The molecule has 196 valence electrons. The van der Waals surface area contributed by atoms with E-state index in [0.29, 0.717) is 26.9 Å². The summed E-state index contributed by atoms with van der Waals surface area (Å²) in [6.07, 6.45) is 1.61. The topological polar surface area (TPSA) is 75.3 Å². The van der Waals surface area contributed by atoms with Gasteiger partial charge in [0.2, 0.25) is 0 Å². The molecule has 0 spiro atoms. The van der Waals surface area contributed by atoms with Crippen molar-refractivity contribution in [3.63, 3.8) is 0 Å². The van der Waals surface area contributed by atoms with Crippen LogP contribution in [0.25, 0.3) is 6.08 Å². The molecule has 39 heavy (non-hydrogen) atoms. The molecule has 2 amide bonds. The number of carbonyl (C=O) groups is 3. The summed E-state index contributed by atoms with van der Waals surface area (Å²) >= 11 is 16.7. The van der Waals surface area contributed by atoms with Crippen molar-refractivity contribution >= 4 is 80.3 Å². The maximum atomic E-state index is 13.3. The molecule has 0 heterocycles. The Hall–Kier alpha value is -3.36. The van der Waals surface area contributed by atoms with Crippen LogP contribution >= 0.6 is 50.9 Å². The van der Waals surface area contributed by atoms with Gasteiger partial charge in [0.05, 0.1) is 15.8 Å². The van der Waals surface area contributed by atoms with E-state index in [1.54, 1.807) is 66.7 Å². The molecule has 2 N–H and O–H groups in total. The quantitative estimate of drug-likeness (QED) is 0.110. The van der Waals surface area contributed by atoms with Crippen molar-refractivity contribution in [2.75, 3.05) is 11.1 Å². The van der Waals surface area contributed by atoms with Crippen molar-refractivity contribution in [3.05, 3.63) is 134 Å². The normalized spacial score (nSPS) is 11.1. The van der Waals surface area contributed by atoms with Crippen LogP contribution in [-0.2, 0) is 4.79 Å². The van der Waals surface area contributed by atoms with Gasteiger partial charge in [-0.1, -0.05) is 75.5 Å². The molecular formula is C30H21BrCl2N2O3S. The van der Waals surface area contributed by atoms with Crippen LogP contribution in [0.15, 0.2) is 112 Å². The number of Topliss-reactive ketones (excluding diaryl/α,β-unsaturated/α-hetero) is 1. The van der Waals surface area contributed by atoms with Gasteiger partial charge in [-0.2, -0.15) is 0 Å². The van der Waals surface area contributed by atoms with Crippen molar-refractivity contribution in [2.24, 2.45) is 0 Å². The standard InChI is InChI=1S/C30H21BrCl2N2O3S/c31-22-12-9-19(10-13-22)15-27(35-29(37)20-5-2-1-3-6-20)30(38)34-23-7-4-8-24(17-23)39-18-28(36)21-11-14-25(32)26(33)16-21/h1-17H,18H2,(H,34,38)(H,35,37)/b27-15-. The summed E-state index contributed by atoms with van der Waals surface area (Å²) in [6, 6.07) is 27.9. The van der Waals surface area contributed by atoms with Gasteiger partial charge in [0.1, 0.15) is 5.70 Å². The first-order chi connectivity index (χ1) is 18.8. The van der Waals surface area contributed by atoms with Gasteiger partial charge in [0.15, 0.2) is 5.78 Å². The minimum atomic E-state index is -0.490. The third kappa shape index (κ3) is 8.31. The molecule has 0 aromatic heterocycles. The lowest BCUT2D eigenvalue weighted by molar-refractivity contribution is -0.113. The Bertz CT molecular complexity index is 1540. The summed E-state index contributed by atoms with van der Waals surface area (Å²) in [7, 11) is 0. The predicted octanol–water partition coefficient (Wildman–Crippen LogP) is 8.14. The number of ketones is 1. The Balaban J connectivity index is 1.48. The van der Waals surface area contributed by atoms with Gasteiger partial charge in [-0.25, -0.2) is 0 Å². The second kappa shape index (κ2) is 13.6. The zero-order valence-electron chi connectivity index (χ0n) is 20.3. The Labute approximate surface area is 248 Å². The number of rotatable bonds is 9. The SMILES string of the molecule is O=C(Nc1cccc(SCC(=O)c2ccc(Cl)c(Cl)c2)c1)/C(=C/c1ccc(Br)cc1)NC(=O)c1ccccc1. The largest absolute Gasteiger partial charge is 0.321 e. The van der Waals surface area contributed by atoms with Crippen LogP contribution in [0, 0.1) is 0 Å². The lowest BCUT2D eigenvalue weighted by Crippen LogP contribution is -2.30. The molecule has 0 unspecified atom stereocenters. The molecule has 0 fully saturated rings. The van der Waals surface area contributed by atoms with E-state index < -0.39 is 11.8 Å². The average molecular weight is 640 g/mol. The van der Waals surface area contributed by atoms with Crippen LogP contribution in [0.2, 0.25) is 10.0 Å². The van der Waals surface area contributed by atoms with Crippen LogP contribution in [0.5, 0.6) is 0 Å². The van der Waals surface area contributed by atoms with Gasteiger partial charge in [-0.05, 0) is 72.3 Å². The van der Waals surface area contributed by atoms with Crippen LogP contribution in [0.1, 0.15) is 26.3 Å². The van der Waals surface area contributed by atoms with E-state index in [0.717, 1.165) is 14.9 Å². The van der Waals surface area contributed by atoms with Crippen LogP contribution < -0.4 is 10.6 Å². The summed E-state index contributed by atoms with van der Waals surface area (Å²) in [5.74, 6) is -0.816. The molecule has 0 aliphatic carbocycles. The fourth-order valence-electron chi connectivity index (χ4n) is 3.43. The zero-order chi connectivity index (χ0) is 27.8. The highest BCUT2D eigenvalue weighted by Crippen LogP contribution is 2.26. The Morgan fingerprint density at radius 1 is 0.795 bits per heavy atom. The third-order valence-corrected chi connectivity index (χ3v) is 7.67.